The van der Waals surface area contributed by atoms with Crippen molar-refractivity contribution in [3.05, 3.63) is 29.6 Å². The highest BCUT2D eigenvalue weighted by Gasteiger charge is 2.36. The Bertz CT molecular complexity index is 734. The third-order valence-electron chi connectivity index (χ3n) is 5.74. The summed E-state index contributed by atoms with van der Waals surface area (Å²) in [5, 5.41) is 3.24. The van der Waals surface area contributed by atoms with Crippen molar-refractivity contribution in [3.8, 4) is 5.75 Å². The van der Waals surface area contributed by atoms with Gasteiger partial charge in [-0.05, 0) is 45.0 Å². The van der Waals surface area contributed by atoms with Crippen molar-refractivity contribution in [2.24, 2.45) is 11.7 Å². The van der Waals surface area contributed by atoms with E-state index in [4.69, 9.17) is 15.2 Å². The maximum absolute atomic E-state index is 14.3. The Balaban J connectivity index is 1.60. The van der Waals surface area contributed by atoms with Gasteiger partial charge < -0.3 is 25.4 Å². The Morgan fingerprint density at radius 3 is 2.57 bits per heavy atom. The molecule has 0 aliphatic carbocycles. The van der Waals surface area contributed by atoms with Crippen molar-refractivity contribution in [2.45, 2.75) is 32.4 Å². The Morgan fingerprint density at radius 2 is 1.93 bits per heavy atom. The van der Waals surface area contributed by atoms with Crippen LogP contribution in [0.5, 0.6) is 5.75 Å². The number of piperidine rings is 1. The molecule has 3 N–H and O–H groups in total. The first-order chi connectivity index (χ1) is 14.5. The average Bonchev–Trinajstić information content (AvgIpc) is 2.75. The molecule has 3 rings (SSSR count). The number of hydrogen-bond acceptors (Lipinski definition) is 6. The molecule has 0 saturated carbocycles. The number of benzene rings is 1. The first-order valence-electron chi connectivity index (χ1n) is 10.6. The molecule has 30 heavy (non-hydrogen) atoms. The predicted octanol–water partition coefficient (Wildman–Crippen LogP) is 1.33. The molecule has 2 aliphatic heterocycles. The van der Waals surface area contributed by atoms with E-state index in [-0.39, 0.29) is 17.6 Å². The predicted molar refractivity (Wildman–Crippen MR) is 109 cm³/mol. The highest BCUT2D eigenvalue weighted by atomic mass is 19.1. The molecule has 2 aliphatic rings. The Labute approximate surface area is 176 Å². The monoisotopic (exact) mass is 422 g/mol. The number of rotatable bonds is 7. The molecule has 2 fully saturated rings. The standard InChI is InChI=1S/C21H31FN4O4/c1-2-29-18-5-3-4-17(22)16(18)14-25-10-12-26(13-11-25)20(27)19(30-21(23)28)15-6-8-24-9-7-15/h3-5,15,19,24H,2,6-14H2,1H3,(H2,23,28). The number of nitrogens with one attached hydrogen (secondary N) is 1. The number of primary amides is 1. The summed E-state index contributed by atoms with van der Waals surface area (Å²) in [7, 11) is 0. The summed E-state index contributed by atoms with van der Waals surface area (Å²) in [6.07, 6.45) is -0.241. The number of carbonyl (C=O) groups excluding carboxylic acids is 2. The largest absolute Gasteiger partial charge is 0.493 e. The van der Waals surface area contributed by atoms with Gasteiger partial charge >= 0.3 is 6.09 Å². The Morgan fingerprint density at radius 1 is 1.23 bits per heavy atom. The van der Waals surface area contributed by atoms with Crippen LogP contribution >= 0.6 is 0 Å². The van der Waals surface area contributed by atoms with Crippen molar-refractivity contribution in [2.75, 3.05) is 45.9 Å². The van der Waals surface area contributed by atoms with E-state index in [1.807, 2.05) is 6.92 Å². The van der Waals surface area contributed by atoms with Crippen molar-refractivity contribution in [3.63, 3.8) is 0 Å². The van der Waals surface area contributed by atoms with Crippen LogP contribution in [0.4, 0.5) is 9.18 Å². The Kier molecular flexibility index (Phi) is 7.87. The van der Waals surface area contributed by atoms with E-state index >= 15 is 0 Å². The van der Waals surface area contributed by atoms with Gasteiger partial charge in [0.1, 0.15) is 11.6 Å². The van der Waals surface area contributed by atoms with Gasteiger partial charge in [-0.1, -0.05) is 6.07 Å². The molecule has 0 radical (unpaired) electrons. The summed E-state index contributed by atoms with van der Waals surface area (Å²) in [5.74, 6) is 0.0369. The zero-order valence-electron chi connectivity index (χ0n) is 17.4. The zero-order chi connectivity index (χ0) is 21.5. The summed E-state index contributed by atoms with van der Waals surface area (Å²) >= 11 is 0. The second-order valence-electron chi connectivity index (χ2n) is 7.70. The van der Waals surface area contributed by atoms with Gasteiger partial charge in [0, 0.05) is 44.2 Å². The van der Waals surface area contributed by atoms with Crippen LogP contribution in [0.15, 0.2) is 18.2 Å². The molecule has 1 aromatic rings. The summed E-state index contributed by atoms with van der Waals surface area (Å²) in [5.41, 5.74) is 5.76. The van der Waals surface area contributed by atoms with E-state index in [0.29, 0.717) is 50.6 Å². The number of piperazine rings is 1. The van der Waals surface area contributed by atoms with Gasteiger partial charge in [0.2, 0.25) is 0 Å². The molecule has 2 heterocycles. The van der Waals surface area contributed by atoms with E-state index in [1.54, 1.807) is 17.0 Å². The topological polar surface area (TPSA) is 97.1 Å². The van der Waals surface area contributed by atoms with E-state index < -0.39 is 12.2 Å². The second-order valence-corrected chi connectivity index (χ2v) is 7.70. The van der Waals surface area contributed by atoms with E-state index in [1.165, 1.54) is 6.07 Å². The normalized spacial score (nSPS) is 19.3. The van der Waals surface area contributed by atoms with Crippen molar-refractivity contribution in [1.29, 1.82) is 0 Å². The number of nitrogens with zero attached hydrogens (tertiary/aromatic N) is 2. The third kappa shape index (κ3) is 5.60. The van der Waals surface area contributed by atoms with Gasteiger partial charge in [-0.3, -0.25) is 9.69 Å². The van der Waals surface area contributed by atoms with Crippen molar-refractivity contribution in [1.82, 2.24) is 15.1 Å². The minimum Gasteiger partial charge on any atom is -0.493 e. The molecule has 1 aromatic carbocycles. The van der Waals surface area contributed by atoms with Crippen LogP contribution in [0, 0.1) is 11.7 Å². The lowest BCUT2D eigenvalue weighted by Gasteiger charge is -2.38. The van der Waals surface area contributed by atoms with Crippen LogP contribution in [0.25, 0.3) is 0 Å². The number of halogens is 1. The minimum absolute atomic E-state index is 0.0311. The number of ether oxygens (including phenoxy) is 2. The zero-order valence-corrected chi connectivity index (χ0v) is 17.4. The molecular formula is C21H31FN4O4. The average molecular weight is 423 g/mol. The molecule has 8 nitrogen and oxygen atoms in total. The Hall–Kier alpha value is -2.39. The molecule has 1 atom stereocenters. The number of amides is 2. The highest BCUT2D eigenvalue weighted by molar-refractivity contribution is 5.83. The maximum atomic E-state index is 14.3. The van der Waals surface area contributed by atoms with Crippen LogP contribution in [-0.2, 0) is 16.1 Å². The molecule has 2 amide bonds. The molecule has 166 valence electrons. The van der Waals surface area contributed by atoms with Crippen LogP contribution < -0.4 is 15.8 Å². The van der Waals surface area contributed by atoms with Crippen LogP contribution in [-0.4, -0.2) is 73.8 Å². The smallest absolute Gasteiger partial charge is 0.405 e. The highest BCUT2D eigenvalue weighted by Crippen LogP contribution is 2.25. The van der Waals surface area contributed by atoms with E-state index in [9.17, 15) is 14.0 Å². The number of nitrogens with two attached hydrogens (primary N) is 1. The van der Waals surface area contributed by atoms with E-state index in [0.717, 1.165) is 25.9 Å². The van der Waals surface area contributed by atoms with Gasteiger partial charge in [0.15, 0.2) is 6.10 Å². The van der Waals surface area contributed by atoms with Crippen LogP contribution in [0.1, 0.15) is 25.3 Å². The van der Waals surface area contributed by atoms with Gasteiger partial charge in [0.25, 0.3) is 5.91 Å². The summed E-state index contributed by atoms with van der Waals surface area (Å²) in [6.45, 7) is 6.50. The fourth-order valence-electron chi connectivity index (χ4n) is 4.13. The van der Waals surface area contributed by atoms with Crippen molar-refractivity contribution >= 4 is 12.0 Å². The number of carbonyl (C=O) groups is 2. The van der Waals surface area contributed by atoms with Gasteiger partial charge in [0.05, 0.1) is 6.61 Å². The minimum atomic E-state index is -0.923. The first kappa shape index (κ1) is 22.3. The van der Waals surface area contributed by atoms with Gasteiger partial charge in [-0.15, -0.1) is 0 Å². The molecular weight excluding hydrogens is 391 g/mol. The lowest BCUT2D eigenvalue weighted by atomic mass is 9.91. The SMILES string of the molecule is CCOc1cccc(F)c1CN1CCN(C(=O)C(OC(N)=O)C2CCNCC2)CC1. The lowest BCUT2D eigenvalue weighted by molar-refractivity contribution is -0.145. The molecule has 0 bridgehead atoms. The van der Waals surface area contributed by atoms with Gasteiger partial charge in [-0.25, -0.2) is 9.18 Å². The maximum Gasteiger partial charge on any atom is 0.405 e. The van der Waals surface area contributed by atoms with E-state index in [2.05, 4.69) is 10.2 Å². The fourth-order valence-corrected chi connectivity index (χ4v) is 4.13. The first-order valence-corrected chi connectivity index (χ1v) is 10.6. The quantitative estimate of drug-likeness (QED) is 0.688. The van der Waals surface area contributed by atoms with Gasteiger partial charge in [-0.2, -0.15) is 0 Å². The molecule has 9 heteroatoms. The number of hydrogen-bond donors (Lipinski definition) is 2. The molecule has 2 saturated heterocycles. The summed E-state index contributed by atoms with van der Waals surface area (Å²) < 4.78 is 25.1. The fraction of sp³-hybridized carbons (Fsp3) is 0.619. The van der Waals surface area contributed by atoms with Crippen LogP contribution in [0.3, 0.4) is 0 Å². The van der Waals surface area contributed by atoms with Crippen LogP contribution in [0.2, 0.25) is 0 Å². The molecule has 1 unspecified atom stereocenters. The third-order valence-corrected chi connectivity index (χ3v) is 5.74. The molecule has 0 aromatic heterocycles. The summed E-state index contributed by atoms with van der Waals surface area (Å²) in [4.78, 5) is 28.3. The summed E-state index contributed by atoms with van der Waals surface area (Å²) in [6, 6.07) is 4.84. The van der Waals surface area contributed by atoms with Crippen molar-refractivity contribution < 1.29 is 23.5 Å². The lowest BCUT2D eigenvalue weighted by Crippen LogP contribution is -2.54. The molecule has 0 spiro atoms. The second kappa shape index (κ2) is 10.6.